The van der Waals surface area contributed by atoms with Gasteiger partial charge in [0.15, 0.2) is 5.17 Å². The van der Waals surface area contributed by atoms with Crippen LogP contribution in [0.15, 0.2) is 47.6 Å². The minimum atomic E-state index is -0.512. The summed E-state index contributed by atoms with van der Waals surface area (Å²) in [7, 11) is 1.56. The fourth-order valence-electron chi connectivity index (χ4n) is 2.79. The highest BCUT2D eigenvalue weighted by Crippen LogP contribution is 2.43. The van der Waals surface area contributed by atoms with Gasteiger partial charge in [0.1, 0.15) is 35.8 Å². The number of thioether (sulfide) groups is 1. The van der Waals surface area contributed by atoms with Gasteiger partial charge in [-0.05, 0) is 42.5 Å². The van der Waals surface area contributed by atoms with Crippen LogP contribution >= 0.6 is 23.4 Å². The zero-order chi connectivity index (χ0) is 22.4. The van der Waals surface area contributed by atoms with Gasteiger partial charge in [0.2, 0.25) is 11.8 Å². The monoisotopic (exact) mass is 463 g/mol. The predicted octanol–water partition coefficient (Wildman–Crippen LogP) is 3.81. The SMILES string of the molecule is COc1ccc(OCCOc2ccc(Cl)cc2)c(C2SC(NC(C)=O)=NN2C(C)=O)c1. The first-order valence-corrected chi connectivity index (χ1v) is 10.6. The van der Waals surface area contributed by atoms with Crippen molar-refractivity contribution < 1.29 is 23.8 Å². The number of halogens is 1. The van der Waals surface area contributed by atoms with Crippen molar-refractivity contribution in [2.24, 2.45) is 5.10 Å². The summed E-state index contributed by atoms with van der Waals surface area (Å²) in [6, 6.07) is 12.4. The van der Waals surface area contributed by atoms with Crippen LogP contribution in [0.4, 0.5) is 0 Å². The Morgan fingerprint density at radius 1 is 1.10 bits per heavy atom. The van der Waals surface area contributed by atoms with Gasteiger partial charge in [-0.15, -0.1) is 5.10 Å². The molecule has 0 saturated carbocycles. The van der Waals surface area contributed by atoms with Gasteiger partial charge in [-0.1, -0.05) is 23.4 Å². The molecule has 3 rings (SSSR count). The summed E-state index contributed by atoms with van der Waals surface area (Å²) in [5.41, 5.74) is 0.690. The Balaban J connectivity index is 1.74. The number of ether oxygens (including phenoxy) is 3. The number of nitrogens with zero attached hydrogens (tertiary/aromatic N) is 2. The van der Waals surface area contributed by atoms with Gasteiger partial charge in [0, 0.05) is 24.4 Å². The summed E-state index contributed by atoms with van der Waals surface area (Å²) in [6.45, 7) is 3.39. The van der Waals surface area contributed by atoms with E-state index < -0.39 is 5.37 Å². The van der Waals surface area contributed by atoms with E-state index in [1.54, 1.807) is 49.6 Å². The van der Waals surface area contributed by atoms with Gasteiger partial charge < -0.3 is 19.5 Å². The highest BCUT2D eigenvalue weighted by molar-refractivity contribution is 8.14. The molecule has 164 valence electrons. The van der Waals surface area contributed by atoms with E-state index in [2.05, 4.69) is 10.4 Å². The van der Waals surface area contributed by atoms with Crippen LogP contribution in [0.1, 0.15) is 24.8 Å². The molecule has 10 heteroatoms. The normalized spacial score (nSPS) is 15.3. The second-order valence-corrected chi connectivity index (χ2v) is 7.98. The summed E-state index contributed by atoms with van der Waals surface area (Å²) in [5, 5.41) is 8.62. The first-order valence-electron chi connectivity index (χ1n) is 9.39. The molecular weight excluding hydrogens is 442 g/mol. The molecule has 31 heavy (non-hydrogen) atoms. The molecule has 1 heterocycles. The van der Waals surface area contributed by atoms with Crippen LogP contribution in [-0.4, -0.2) is 42.3 Å². The first-order chi connectivity index (χ1) is 14.9. The molecule has 8 nitrogen and oxygen atoms in total. The highest BCUT2D eigenvalue weighted by atomic mass is 35.5. The Bertz CT molecular complexity index is 983. The molecule has 0 radical (unpaired) electrons. The summed E-state index contributed by atoms with van der Waals surface area (Å²) < 4.78 is 16.9. The van der Waals surface area contributed by atoms with E-state index in [1.165, 1.54) is 30.6 Å². The van der Waals surface area contributed by atoms with Crippen LogP contribution in [0.2, 0.25) is 5.02 Å². The fraction of sp³-hybridized carbons (Fsp3) is 0.286. The average Bonchev–Trinajstić information content (AvgIpc) is 3.15. The summed E-state index contributed by atoms with van der Waals surface area (Å²) in [5.74, 6) is 1.32. The Hall–Kier alpha value is -2.91. The highest BCUT2D eigenvalue weighted by Gasteiger charge is 2.34. The van der Waals surface area contributed by atoms with Crippen LogP contribution in [0, 0.1) is 0 Å². The number of methoxy groups -OCH3 is 1. The van der Waals surface area contributed by atoms with E-state index in [9.17, 15) is 9.59 Å². The van der Waals surface area contributed by atoms with Gasteiger partial charge in [0.25, 0.3) is 0 Å². The van der Waals surface area contributed by atoms with Crippen LogP contribution < -0.4 is 19.5 Å². The molecule has 2 aromatic carbocycles. The third-order valence-electron chi connectivity index (χ3n) is 4.16. The molecule has 1 N–H and O–H groups in total. The zero-order valence-corrected chi connectivity index (χ0v) is 18.8. The molecule has 2 amide bonds. The molecule has 0 aromatic heterocycles. The average molecular weight is 464 g/mol. The standard InChI is InChI=1S/C21H22ClN3O5S/c1-13(26)23-21-24-25(14(2)27)20(31-21)18-12-17(28-3)8-9-19(18)30-11-10-29-16-6-4-15(22)5-7-16/h4-9,12,20H,10-11H2,1-3H3,(H,23,24,26). The van der Waals surface area contributed by atoms with E-state index in [1.807, 2.05) is 0 Å². The molecule has 0 saturated heterocycles. The van der Waals surface area contributed by atoms with Crippen molar-refractivity contribution in [3.63, 3.8) is 0 Å². The summed E-state index contributed by atoms with van der Waals surface area (Å²) in [4.78, 5) is 23.6. The van der Waals surface area contributed by atoms with Crippen molar-refractivity contribution in [1.82, 2.24) is 10.3 Å². The number of hydrogen-bond donors (Lipinski definition) is 1. The molecule has 0 fully saturated rings. The molecule has 1 unspecified atom stereocenters. The molecular formula is C21H22ClN3O5S. The number of hydrazone groups is 1. The van der Waals surface area contributed by atoms with Gasteiger partial charge >= 0.3 is 0 Å². The molecule has 2 aromatic rings. The minimum absolute atomic E-state index is 0.266. The lowest BCUT2D eigenvalue weighted by atomic mass is 10.1. The Morgan fingerprint density at radius 3 is 2.42 bits per heavy atom. The Morgan fingerprint density at radius 2 is 1.77 bits per heavy atom. The third-order valence-corrected chi connectivity index (χ3v) is 5.49. The second kappa shape index (κ2) is 10.4. The van der Waals surface area contributed by atoms with Crippen molar-refractivity contribution in [1.29, 1.82) is 0 Å². The zero-order valence-electron chi connectivity index (χ0n) is 17.3. The van der Waals surface area contributed by atoms with Gasteiger partial charge in [-0.3, -0.25) is 9.59 Å². The first kappa shape index (κ1) is 22.8. The predicted molar refractivity (Wildman–Crippen MR) is 120 cm³/mol. The van der Waals surface area contributed by atoms with E-state index >= 15 is 0 Å². The smallest absolute Gasteiger partial charge is 0.241 e. The lowest BCUT2D eigenvalue weighted by Gasteiger charge is -2.22. The maximum atomic E-state index is 12.2. The summed E-state index contributed by atoms with van der Waals surface area (Å²) >= 11 is 7.12. The van der Waals surface area contributed by atoms with E-state index in [0.29, 0.717) is 39.6 Å². The molecule has 1 atom stereocenters. The number of amides is 2. The minimum Gasteiger partial charge on any atom is -0.497 e. The van der Waals surface area contributed by atoms with E-state index in [4.69, 9.17) is 25.8 Å². The molecule has 1 aliphatic rings. The molecule has 0 spiro atoms. The van der Waals surface area contributed by atoms with Crippen molar-refractivity contribution >= 4 is 40.3 Å². The largest absolute Gasteiger partial charge is 0.497 e. The lowest BCUT2D eigenvalue weighted by molar-refractivity contribution is -0.129. The maximum absolute atomic E-state index is 12.2. The fourth-order valence-corrected chi connectivity index (χ4v) is 4.07. The topological polar surface area (TPSA) is 89.5 Å². The van der Waals surface area contributed by atoms with Gasteiger partial charge in [-0.25, -0.2) is 5.01 Å². The van der Waals surface area contributed by atoms with Crippen molar-refractivity contribution in [2.75, 3.05) is 20.3 Å². The van der Waals surface area contributed by atoms with E-state index in [0.717, 1.165) is 0 Å². The Labute approximate surface area is 189 Å². The van der Waals surface area contributed by atoms with Crippen molar-refractivity contribution in [3.05, 3.63) is 53.1 Å². The van der Waals surface area contributed by atoms with Crippen molar-refractivity contribution in [2.45, 2.75) is 19.2 Å². The number of nitrogens with one attached hydrogen (secondary N) is 1. The molecule has 0 bridgehead atoms. The number of carbonyl (C=O) groups is 2. The van der Waals surface area contributed by atoms with Crippen molar-refractivity contribution in [3.8, 4) is 17.2 Å². The number of carbonyl (C=O) groups excluding carboxylic acids is 2. The number of hydrogen-bond acceptors (Lipinski definition) is 7. The van der Waals surface area contributed by atoms with E-state index in [-0.39, 0.29) is 18.4 Å². The lowest BCUT2D eigenvalue weighted by Crippen LogP contribution is -2.25. The Kier molecular flexibility index (Phi) is 7.64. The van der Waals surface area contributed by atoms with Crippen LogP contribution in [0.3, 0.4) is 0 Å². The van der Waals surface area contributed by atoms with Crippen LogP contribution in [-0.2, 0) is 9.59 Å². The molecule has 1 aliphatic heterocycles. The van der Waals surface area contributed by atoms with Gasteiger partial charge in [0.05, 0.1) is 7.11 Å². The maximum Gasteiger partial charge on any atom is 0.241 e. The van der Waals surface area contributed by atoms with Gasteiger partial charge in [-0.2, -0.15) is 0 Å². The second-order valence-electron chi connectivity index (χ2n) is 6.47. The number of rotatable bonds is 7. The number of amidine groups is 1. The molecule has 0 aliphatic carbocycles. The number of benzene rings is 2. The summed E-state index contributed by atoms with van der Waals surface area (Å²) in [6.07, 6.45) is 0. The quantitative estimate of drug-likeness (QED) is 0.628. The van der Waals surface area contributed by atoms with Crippen LogP contribution in [0.5, 0.6) is 17.2 Å². The van der Waals surface area contributed by atoms with Crippen LogP contribution in [0.25, 0.3) is 0 Å². The third kappa shape index (κ3) is 6.05.